The molecule has 1 saturated carbocycles. The Bertz CT molecular complexity index is 766. The molecule has 22 heavy (non-hydrogen) atoms. The highest BCUT2D eigenvalue weighted by Crippen LogP contribution is 2.28. The second kappa shape index (κ2) is 6.36. The Hall–Kier alpha value is -2.08. The zero-order chi connectivity index (χ0) is 15.5. The van der Waals surface area contributed by atoms with Crippen LogP contribution in [0.5, 0.6) is 0 Å². The van der Waals surface area contributed by atoms with E-state index in [1.54, 1.807) is 12.4 Å². The van der Waals surface area contributed by atoms with Gasteiger partial charge in [0, 0.05) is 28.4 Å². The summed E-state index contributed by atoms with van der Waals surface area (Å²) in [6, 6.07) is 5.95. The number of halogens is 1. The van der Waals surface area contributed by atoms with E-state index >= 15 is 0 Å². The number of hydrogen-bond acceptors (Lipinski definition) is 5. The van der Waals surface area contributed by atoms with Gasteiger partial charge >= 0.3 is 0 Å². The Morgan fingerprint density at radius 3 is 2.91 bits per heavy atom. The molecule has 0 amide bonds. The zero-order valence-corrected chi connectivity index (χ0v) is 13.4. The van der Waals surface area contributed by atoms with Crippen LogP contribution in [0.2, 0.25) is 0 Å². The molecule has 1 aliphatic rings. The van der Waals surface area contributed by atoms with Crippen LogP contribution in [0, 0.1) is 5.92 Å². The molecule has 3 rings (SSSR count). The van der Waals surface area contributed by atoms with Crippen LogP contribution in [-0.4, -0.2) is 28.5 Å². The van der Waals surface area contributed by atoms with Gasteiger partial charge in [-0.05, 0) is 31.0 Å². The standard InChI is InChI=1S/C16H15BrN4O/c17-12-1-2-14-15(5-12)20-8-16(21-14)11(6-18)7-19-13-3-10(4-13)9-22/h1-2,5-10,13H,3-4,18H2. The van der Waals surface area contributed by atoms with E-state index in [0.29, 0.717) is 5.69 Å². The van der Waals surface area contributed by atoms with E-state index in [2.05, 4.69) is 30.9 Å². The molecule has 1 aliphatic carbocycles. The number of nitrogens with zero attached hydrogens (tertiary/aromatic N) is 3. The average molecular weight is 359 g/mol. The van der Waals surface area contributed by atoms with Gasteiger partial charge in [0.15, 0.2) is 0 Å². The normalized spacial score (nSPS) is 22.0. The maximum absolute atomic E-state index is 10.6. The van der Waals surface area contributed by atoms with Crippen molar-refractivity contribution in [3.8, 4) is 0 Å². The summed E-state index contributed by atoms with van der Waals surface area (Å²) in [5, 5.41) is 0. The number of hydrogen-bond donors (Lipinski definition) is 1. The summed E-state index contributed by atoms with van der Waals surface area (Å²) in [5.41, 5.74) is 8.73. The fraction of sp³-hybridized carbons (Fsp3) is 0.250. The van der Waals surface area contributed by atoms with Gasteiger partial charge in [-0.1, -0.05) is 15.9 Å². The number of aliphatic imine (C=N–C) groups is 1. The van der Waals surface area contributed by atoms with Gasteiger partial charge in [-0.3, -0.25) is 9.98 Å². The molecule has 0 spiro atoms. The number of benzene rings is 1. The number of allylic oxidation sites excluding steroid dienone is 1. The van der Waals surface area contributed by atoms with Crippen molar-refractivity contribution in [1.29, 1.82) is 0 Å². The van der Waals surface area contributed by atoms with Crippen LogP contribution in [0.3, 0.4) is 0 Å². The molecule has 0 atom stereocenters. The fourth-order valence-corrected chi connectivity index (χ4v) is 2.71. The molecule has 112 valence electrons. The first-order valence-electron chi connectivity index (χ1n) is 7.02. The molecule has 5 nitrogen and oxygen atoms in total. The fourth-order valence-electron chi connectivity index (χ4n) is 2.37. The van der Waals surface area contributed by atoms with Crippen molar-refractivity contribution in [2.45, 2.75) is 18.9 Å². The van der Waals surface area contributed by atoms with Gasteiger partial charge in [-0.15, -0.1) is 0 Å². The van der Waals surface area contributed by atoms with E-state index in [9.17, 15) is 4.79 Å². The number of carbonyl (C=O) groups is 1. The van der Waals surface area contributed by atoms with Crippen molar-refractivity contribution in [1.82, 2.24) is 9.97 Å². The monoisotopic (exact) mass is 358 g/mol. The Morgan fingerprint density at radius 1 is 1.36 bits per heavy atom. The van der Waals surface area contributed by atoms with E-state index in [4.69, 9.17) is 5.73 Å². The third kappa shape index (κ3) is 3.06. The van der Waals surface area contributed by atoms with Crippen LogP contribution in [-0.2, 0) is 4.79 Å². The third-order valence-electron chi connectivity index (χ3n) is 3.75. The Kier molecular flexibility index (Phi) is 4.29. The molecule has 2 aromatic rings. The smallest absolute Gasteiger partial charge is 0.123 e. The van der Waals surface area contributed by atoms with E-state index in [-0.39, 0.29) is 12.0 Å². The molecule has 0 bridgehead atoms. The molecule has 0 unspecified atom stereocenters. The maximum Gasteiger partial charge on any atom is 0.123 e. The van der Waals surface area contributed by atoms with Gasteiger partial charge in [-0.2, -0.15) is 0 Å². The second-order valence-corrected chi connectivity index (χ2v) is 6.23. The van der Waals surface area contributed by atoms with Crippen molar-refractivity contribution in [3.63, 3.8) is 0 Å². The molecule has 1 fully saturated rings. The predicted molar refractivity (Wildman–Crippen MR) is 90.5 cm³/mol. The molecular formula is C16H15BrN4O. The van der Waals surface area contributed by atoms with Gasteiger partial charge in [0.2, 0.25) is 0 Å². The molecule has 0 aliphatic heterocycles. The topological polar surface area (TPSA) is 81.2 Å². The number of aldehydes is 1. The summed E-state index contributed by atoms with van der Waals surface area (Å²) in [6.45, 7) is 0. The Balaban J connectivity index is 1.80. The maximum atomic E-state index is 10.6. The van der Waals surface area contributed by atoms with Crippen molar-refractivity contribution in [2.24, 2.45) is 16.6 Å². The molecule has 0 saturated heterocycles. The summed E-state index contributed by atoms with van der Waals surface area (Å²) in [6.07, 6.45) is 7.52. The predicted octanol–water partition coefficient (Wildman–Crippen LogP) is 2.74. The summed E-state index contributed by atoms with van der Waals surface area (Å²) in [4.78, 5) is 24.0. The summed E-state index contributed by atoms with van der Waals surface area (Å²) in [7, 11) is 0. The molecule has 2 N–H and O–H groups in total. The minimum atomic E-state index is 0.159. The minimum Gasteiger partial charge on any atom is -0.404 e. The van der Waals surface area contributed by atoms with Gasteiger partial charge in [0.25, 0.3) is 0 Å². The largest absolute Gasteiger partial charge is 0.404 e. The highest BCUT2D eigenvalue weighted by molar-refractivity contribution is 9.10. The molecule has 6 heteroatoms. The van der Waals surface area contributed by atoms with Crippen LogP contribution in [0.1, 0.15) is 18.5 Å². The van der Waals surface area contributed by atoms with Crippen molar-refractivity contribution in [3.05, 3.63) is 40.8 Å². The molecule has 1 aromatic carbocycles. The number of rotatable bonds is 4. The SMILES string of the molecule is NC=C(C=NC1CC(C=O)C1)c1cnc2cc(Br)ccc2n1. The number of aromatic nitrogens is 2. The van der Waals surface area contributed by atoms with Gasteiger partial charge in [0.05, 0.1) is 29.0 Å². The van der Waals surface area contributed by atoms with Gasteiger partial charge in [-0.25, -0.2) is 4.98 Å². The van der Waals surface area contributed by atoms with E-state index in [1.165, 1.54) is 6.20 Å². The lowest BCUT2D eigenvalue weighted by Gasteiger charge is -2.27. The van der Waals surface area contributed by atoms with Crippen molar-refractivity contribution < 1.29 is 4.79 Å². The summed E-state index contributed by atoms with van der Waals surface area (Å²) >= 11 is 3.41. The minimum absolute atomic E-state index is 0.159. The highest BCUT2D eigenvalue weighted by atomic mass is 79.9. The van der Waals surface area contributed by atoms with Gasteiger partial charge < -0.3 is 10.5 Å². The van der Waals surface area contributed by atoms with Gasteiger partial charge in [0.1, 0.15) is 6.29 Å². The second-order valence-electron chi connectivity index (χ2n) is 5.31. The molecule has 1 aromatic heterocycles. The van der Waals surface area contributed by atoms with E-state index in [1.807, 2.05) is 18.2 Å². The molecule has 1 heterocycles. The lowest BCUT2D eigenvalue weighted by atomic mass is 9.82. The summed E-state index contributed by atoms with van der Waals surface area (Å²) < 4.78 is 0.966. The number of nitrogens with two attached hydrogens (primary N) is 1. The quantitative estimate of drug-likeness (QED) is 0.672. The van der Waals surface area contributed by atoms with Crippen LogP contribution in [0.4, 0.5) is 0 Å². The number of carbonyl (C=O) groups excluding carboxylic acids is 1. The highest BCUT2D eigenvalue weighted by Gasteiger charge is 2.27. The van der Waals surface area contributed by atoms with E-state index in [0.717, 1.165) is 40.2 Å². The van der Waals surface area contributed by atoms with Crippen molar-refractivity contribution >= 4 is 45.0 Å². The van der Waals surface area contributed by atoms with Crippen molar-refractivity contribution in [2.75, 3.05) is 0 Å². The third-order valence-corrected chi connectivity index (χ3v) is 4.24. The Labute approximate surface area is 136 Å². The summed E-state index contributed by atoms with van der Waals surface area (Å²) in [5.74, 6) is 0.159. The number of fused-ring (bicyclic) bond motifs is 1. The lowest BCUT2D eigenvalue weighted by Crippen LogP contribution is -2.28. The first kappa shape index (κ1) is 14.8. The van der Waals surface area contributed by atoms with Crippen LogP contribution in [0.15, 0.2) is 40.1 Å². The first-order chi connectivity index (χ1) is 10.7. The van der Waals surface area contributed by atoms with E-state index < -0.39 is 0 Å². The first-order valence-corrected chi connectivity index (χ1v) is 7.82. The lowest BCUT2D eigenvalue weighted by molar-refractivity contribution is -0.113. The molecule has 0 radical (unpaired) electrons. The van der Waals surface area contributed by atoms with Crippen LogP contribution >= 0.6 is 15.9 Å². The average Bonchev–Trinajstić information content (AvgIpc) is 2.49. The molecular weight excluding hydrogens is 344 g/mol. The zero-order valence-electron chi connectivity index (χ0n) is 11.8. The van der Waals surface area contributed by atoms with Crippen LogP contribution < -0.4 is 5.73 Å². The Morgan fingerprint density at radius 2 is 2.18 bits per heavy atom. The van der Waals surface area contributed by atoms with Crippen LogP contribution in [0.25, 0.3) is 16.6 Å².